The number of nitrogens with zero attached hydrogens (tertiary/aromatic N) is 1. The fourth-order valence-corrected chi connectivity index (χ4v) is 3.49. The summed E-state index contributed by atoms with van der Waals surface area (Å²) >= 11 is 0. The van der Waals surface area contributed by atoms with Crippen LogP contribution in [0.1, 0.15) is 32.1 Å². The van der Waals surface area contributed by atoms with Crippen LogP contribution in [0.3, 0.4) is 0 Å². The van der Waals surface area contributed by atoms with E-state index < -0.39 is 0 Å². The van der Waals surface area contributed by atoms with Crippen LogP contribution in [0, 0.1) is 5.92 Å². The van der Waals surface area contributed by atoms with Gasteiger partial charge in [-0.15, -0.1) is 0 Å². The molecule has 4 nitrogen and oxygen atoms in total. The first-order chi connectivity index (χ1) is 8.36. The number of ether oxygens (including phenoxy) is 1. The van der Waals surface area contributed by atoms with Gasteiger partial charge in [0, 0.05) is 25.2 Å². The minimum absolute atomic E-state index is 0.136. The summed E-state index contributed by atoms with van der Waals surface area (Å²) in [6, 6.07) is 0.995. The van der Waals surface area contributed by atoms with Crippen molar-refractivity contribution in [2.24, 2.45) is 5.92 Å². The number of hydrogen-bond donors (Lipinski definition) is 1. The highest BCUT2D eigenvalue weighted by Gasteiger charge is 2.38. The molecule has 0 aromatic carbocycles. The molecule has 0 radical (unpaired) electrons. The van der Waals surface area contributed by atoms with Crippen molar-refractivity contribution in [3.05, 3.63) is 0 Å². The summed E-state index contributed by atoms with van der Waals surface area (Å²) in [7, 11) is 0. The minimum atomic E-state index is 0.136. The van der Waals surface area contributed by atoms with E-state index in [9.17, 15) is 4.79 Å². The average molecular weight is 238 g/mol. The molecule has 96 valence electrons. The van der Waals surface area contributed by atoms with Crippen LogP contribution in [0.4, 0.5) is 0 Å². The number of rotatable bonds is 2. The smallest absolute Gasteiger partial charge is 0.228 e. The number of carbonyl (C=O) groups excluding carboxylic acids is 1. The molecule has 1 N–H and O–H groups in total. The molecule has 3 heterocycles. The second kappa shape index (κ2) is 4.94. The Bertz CT molecular complexity index is 283. The molecule has 0 spiro atoms. The van der Waals surface area contributed by atoms with Crippen molar-refractivity contribution in [3.63, 3.8) is 0 Å². The molecular weight excluding hydrogens is 216 g/mol. The Morgan fingerprint density at radius 2 is 2.18 bits per heavy atom. The molecule has 4 heteroatoms. The van der Waals surface area contributed by atoms with Crippen LogP contribution < -0.4 is 5.32 Å². The largest absolute Gasteiger partial charge is 0.381 e. The number of amides is 1. The fraction of sp³-hybridized carbons (Fsp3) is 0.923. The maximum Gasteiger partial charge on any atom is 0.228 e. The highest BCUT2D eigenvalue weighted by molar-refractivity contribution is 5.80. The second-order valence-corrected chi connectivity index (χ2v) is 5.50. The highest BCUT2D eigenvalue weighted by Crippen LogP contribution is 2.28. The Hall–Kier alpha value is -0.610. The zero-order chi connectivity index (χ0) is 11.7. The molecule has 0 saturated carbocycles. The van der Waals surface area contributed by atoms with Gasteiger partial charge in [-0.1, -0.05) is 0 Å². The quantitative estimate of drug-likeness (QED) is 0.772. The van der Waals surface area contributed by atoms with Crippen LogP contribution in [0.25, 0.3) is 0 Å². The lowest BCUT2D eigenvalue weighted by Crippen LogP contribution is -2.48. The van der Waals surface area contributed by atoms with Gasteiger partial charge < -0.3 is 15.0 Å². The highest BCUT2D eigenvalue weighted by atomic mass is 16.5. The van der Waals surface area contributed by atoms with E-state index in [-0.39, 0.29) is 5.92 Å². The summed E-state index contributed by atoms with van der Waals surface area (Å²) in [6.45, 7) is 3.48. The molecule has 3 fully saturated rings. The van der Waals surface area contributed by atoms with E-state index in [1.165, 1.54) is 25.7 Å². The van der Waals surface area contributed by atoms with Gasteiger partial charge in [0.05, 0.1) is 12.5 Å². The number of nitrogens with one attached hydrogen (secondary N) is 1. The molecular formula is C13H22N2O2. The Morgan fingerprint density at radius 3 is 2.88 bits per heavy atom. The third kappa shape index (κ3) is 2.20. The summed E-state index contributed by atoms with van der Waals surface area (Å²) in [4.78, 5) is 14.6. The molecule has 17 heavy (non-hydrogen) atoms. The molecule has 3 saturated heterocycles. The monoisotopic (exact) mass is 238 g/mol. The topological polar surface area (TPSA) is 41.6 Å². The summed E-state index contributed by atoms with van der Waals surface area (Å²) < 4.78 is 5.34. The van der Waals surface area contributed by atoms with Crippen LogP contribution in [-0.4, -0.2) is 49.2 Å². The Labute approximate surface area is 103 Å². The lowest BCUT2D eigenvalue weighted by atomic mass is 10.0. The van der Waals surface area contributed by atoms with Gasteiger partial charge in [-0.25, -0.2) is 0 Å². The van der Waals surface area contributed by atoms with E-state index in [0.29, 0.717) is 24.6 Å². The maximum absolute atomic E-state index is 12.4. The minimum Gasteiger partial charge on any atom is -0.381 e. The first kappa shape index (κ1) is 11.5. The normalized spacial score (nSPS) is 37.9. The molecule has 3 aliphatic rings. The zero-order valence-corrected chi connectivity index (χ0v) is 10.4. The van der Waals surface area contributed by atoms with Crippen LogP contribution in [-0.2, 0) is 9.53 Å². The van der Waals surface area contributed by atoms with Crippen molar-refractivity contribution in [3.8, 4) is 0 Å². The van der Waals surface area contributed by atoms with E-state index in [1.807, 2.05) is 0 Å². The standard InChI is InChI=1S/C13H22N2O2/c16-13(10-5-8-17-9-10)15-7-2-4-12(15)11-3-1-6-14-11/h10-12,14H,1-9H2. The van der Waals surface area contributed by atoms with Gasteiger partial charge in [-0.05, 0) is 38.6 Å². The molecule has 3 rings (SSSR count). The zero-order valence-electron chi connectivity index (χ0n) is 10.4. The second-order valence-electron chi connectivity index (χ2n) is 5.50. The van der Waals surface area contributed by atoms with Crippen LogP contribution in [0.5, 0.6) is 0 Å². The summed E-state index contributed by atoms with van der Waals surface area (Å²) in [5.74, 6) is 0.482. The van der Waals surface area contributed by atoms with Crippen molar-refractivity contribution < 1.29 is 9.53 Å². The first-order valence-corrected chi connectivity index (χ1v) is 6.98. The lowest BCUT2D eigenvalue weighted by molar-refractivity contribution is -0.136. The van der Waals surface area contributed by atoms with Crippen molar-refractivity contribution >= 4 is 5.91 Å². The molecule has 0 aliphatic carbocycles. The van der Waals surface area contributed by atoms with Gasteiger partial charge in [0.1, 0.15) is 0 Å². The van der Waals surface area contributed by atoms with Crippen molar-refractivity contribution in [1.82, 2.24) is 10.2 Å². The Kier molecular flexibility index (Phi) is 3.34. The third-order valence-corrected chi connectivity index (χ3v) is 4.42. The first-order valence-electron chi connectivity index (χ1n) is 6.98. The SMILES string of the molecule is O=C(C1CCOC1)N1CCCC1C1CCCN1. The van der Waals surface area contributed by atoms with Gasteiger partial charge in [0.15, 0.2) is 0 Å². The predicted octanol–water partition coefficient (Wildman–Crippen LogP) is 0.766. The Morgan fingerprint density at radius 1 is 1.24 bits per heavy atom. The third-order valence-electron chi connectivity index (χ3n) is 4.42. The average Bonchev–Trinajstić information content (AvgIpc) is 3.09. The van der Waals surface area contributed by atoms with E-state index in [1.54, 1.807) is 0 Å². The number of hydrogen-bond acceptors (Lipinski definition) is 3. The maximum atomic E-state index is 12.4. The molecule has 3 atom stereocenters. The van der Waals surface area contributed by atoms with Gasteiger partial charge >= 0.3 is 0 Å². The predicted molar refractivity (Wildman–Crippen MR) is 64.7 cm³/mol. The van der Waals surface area contributed by atoms with Crippen molar-refractivity contribution in [1.29, 1.82) is 0 Å². The molecule has 0 aromatic heterocycles. The van der Waals surface area contributed by atoms with E-state index in [0.717, 1.165) is 26.1 Å². The van der Waals surface area contributed by atoms with E-state index >= 15 is 0 Å². The molecule has 3 unspecified atom stereocenters. The van der Waals surface area contributed by atoms with E-state index in [2.05, 4.69) is 10.2 Å². The molecule has 1 amide bonds. The summed E-state index contributed by atoms with van der Waals surface area (Å²) in [5.41, 5.74) is 0. The lowest BCUT2D eigenvalue weighted by Gasteiger charge is -2.31. The van der Waals surface area contributed by atoms with Crippen LogP contribution in [0.15, 0.2) is 0 Å². The number of likely N-dealkylation sites (tertiary alicyclic amines) is 1. The van der Waals surface area contributed by atoms with Gasteiger partial charge in [0.2, 0.25) is 5.91 Å². The van der Waals surface area contributed by atoms with Crippen molar-refractivity contribution in [2.45, 2.75) is 44.2 Å². The Balaban J connectivity index is 1.65. The molecule has 0 aromatic rings. The van der Waals surface area contributed by atoms with E-state index in [4.69, 9.17) is 4.74 Å². The number of carbonyl (C=O) groups is 1. The van der Waals surface area contributed by atoms with Gasteiger partial charge in [-0.2, -0.15) is 0 Å². The van der Waals surface area contributed by atoms with Crippen LogP contribution in [0.2, 0.25) is 0 Å². The summed E-state index contributed by atoms with van der Waals surface area (Å²) in [5, 5.41) is 3.55. The van der Waals surface area contributed by atoms with Crippen molar-refractivity contribution in [2.75, 3.05) is 26.3 Å². The fourth-order valence-electron chi connectivity index (χ4n) is 3.49. The van der Waals surface area contributed by atoms with Gasteiger partial charge in [-0.3, -0.25) is 4.79 Å². The van der Waals surface area contributed by atoms with Crippen LogP contribution >= 0.6 is 0 Å². The molecule has 3 aliphatic heterocycles. The molecule has 0 bridgehead atoms. The van der Waals surface area contributed by atoms with Gasteiger partial charge in [0.25, 0.3) is 0 Å². The summed E-state index contributed by atoms with van der Waals surface area (Å²) in [6.07, 6.45) is 5.75.